The van der Waals surface area contributed by atoms with Gasteiger partial charge in [0.1, 0.15) is 5.56 Å². The number of Topliss-reactive ketones (excluding diaryl/α,β-unsaturated/α-hetero) is 1. The van der Waals surface area contributed by atoms with Gasteiger partial charge in [-0.25, -0.2) is 0 Å². The number of nitro benzene ring substituents is 1. The third-order valence-corrected chi connectivity index (χ3v) is 2.53. The first kappa shape index (κ1) is 9.64. The highest BCUT2D eigenvalue weighted by Gasteiger charge is 2.32. The number of carbonyl (C=O) groups excluding carboxylic acids is 1. The van der Waals surface area contributed by atoms with Crippen LogP contribution in [0, 0.1) is 10.1 Å². The van der Waals surface area contributed by atoms with Crippen molar-refractivity contribution in [3.8, 4) is 5.75 Å². The first-order valence-corrected chi connectivity index (χ1v) is 4.52. The van der Waals surface area contributed by atoms with Gasteiger partial charge in [-0.15, -0.1) is 0 Å². The zero-order valence-electron chi connectivity index (χ0n) is 8.15. The summed E-state index contributed by atoms with van der Waals surface area (Å²) in [5.74, 6) is -0.0235. The quantitative estimate of drug-likeness (QED) is 0.547. The largest absolute Gasteiger partial charge is 0.490 e. The molecule has 0 spiro atoms. The molecule has 0 heterocycles. The Morgan fingerprint density at radius 2 is 2.13 bits per heavy atom. The van der Waals surface area contributed by atoms with Crippen molar-refractivity contribution in [2.24, 2.45) is 0 Å². The zero-order valence-corrected chi connectivity index (χ0v) is 8.15. The SMILES string of the molecule is COc1ccc2c(c1[N+](=O)[O-])C(=O)CC2. The van der Waals surface area contributed by atoms with E-state index >= 15 is 0 Å². The molecule has 1 aliphatic carbocycles. The number of rotatable bonds is 2. The summed E-state index contributed by atoms with van der Waals surface area (Å²) in [4.78, 5) is 21.8. The number of nitro groups is 1. The van der Waals surface area contributed by atoms with Gasteiger partial charge in [-0.3, -0.25) is 14.9 Å². The average Bonchev–Trinajstić information content (AvgIpc) is 2.59. The predicted octanol–water partition coefficient (Wildman–Crippen LogP) is 1.73. The lowest BCUT2D eigenvalue weighted by Crippen LogP contribution is -2.02. The van der Waals surface area contributed by atoms with Gasteiger partial charge in [0.05, 0.1) is 12.0 Å². The van der Waals surface area contributed by atoms with Crippen molar-refractivity contribution < 1.29 is 14.5 Å². The summed E-state index contributed by atoms with van der Waals surface area (Å²) in [6.45, 7) is 0. The van der Waals surface area contributed by atoms with Crippen molar-refractivity contribution in [1.29, 1.82) is 0 Å². The lowest BCUT2D eigenvalue weighted by Gasteiger charge is -2.04. The Kier molecular flexibility index (Phi) is 2.15. The second kappa shape index (κ2) is 3.34. The highest BCUT2D eigenvalue weighted by atomic mass is 16.6. The molecule has 0 saturated heterocycles. The normalized spacial score (nSPS) is 13.8. The van der Waals surface area contributed by atoms with Crippen LogP contribution in [0.4, 0.5) is 5.69 Å². The Morgan fingerprint density at radius 3 is 2.73 bits per heavy atom. The molecule has 15 heavy (non-hydrogen) atoms. The molecule has 1 aliphatic rings. The van der Waals surface area contributed by atoms with Gasteiger partial charge in [-0.05, 0) is 18.1 Å². The third kappa shape index (κ3) is 1.36. The van der Waals surface area contributed by atoms with Crippen LogP contribution in [-0.2, 0) is 6.42 Å². The summed E-state index contributed by atoms with van der Waals surface area (Å²) in [6, 6.07) is 3.25. The lowest BCUT2D eigenvalue weighted by atomic mass is 10.1. The van der Waals surface area contributed by atoms with Crippen molar-refractivity contribution in [1.82, 2.24) is 0 Å². The first-order valence-electron chi connectivity index (χ1n) is 4.52. The van der Waals surface area contributed by atoms with Crippen LogP contribution >= 0.6 is 0 Å². The van der Waals surface area contributed by atoms with Crippen LogP contribution in [0.3, 0.4) is 0 Å². The van der Waals surface area contributed by atoms with E-state index in [1.54, 1.807) is 6.07 Å². The molecule has 0 bridgehead atoms. The van der Waals surface area contributed by atoms with Crippen molar-refractivity contribution >= 4 is 11.5 Å². The van der Waals surface area contributed by atoms with E-state index in [1.807, 2.05) is 0 Å². The number of ether oxygens (including phenoxy) is 1. The van der Waals surface area contributed by atoms with Crippen LogP contribution in [0.2, 0.25) is 0 Å². The predicted molar refractivity (Wildman–Crippen MR) is 52.3 cm³/mol. The average molecular weight is 207 g/mol. The molecule has 2 rings (SSSR count). The third-order valence-electron chi connectivity index (χ3n) is 2.53. The van der Waals surface area contributed by atoms with E-state index < -0.39 is 4.92 Å². The summed E-state index contributed by atoms with van der Waals surface area (Å²) in [6.07, 6.45) is 0.933. The first-order chi connectivity index (χ1) is 7.15. The Bertz CT molecular complexity index is 453. The molecule has 0 radical (unpaired) electrons. The fourth-order valence-corrected chi connectivity index (χ4v) is 1.85. The summed E-state index contributed by atoms with van der Waals surface area (Å²) >= 11 is 0. The molecule has 0 amide bonds. The van der Waals surface area contributed by atoms with E-state index in [1.165, 1.54) is 13.2 Å². The van der Waals surface area contributed by atoms with E-state index in [0.717, 1.165) is 5.56 Å². The molecule has 0 saturated carbocycles. The molecule has 0 N–H and O–H groups in total. The highest BCUT2D eigenvalue weighted by molar-refractivity contribution is 6.04. The number of hydrogen-bond donors (Lipinski definition) is 0. The molecule has 0 aromatic heterocycles. The molecule has 1 aromatic rings. The fourth-order valence-electron chi connectivity index (χ4n) is 1.85. The van der Waals surface area contributed by atoms with Crippen molar-refractivity contribution in [2.75, 3.05) is 7.11 Å². The summed E-state index contributed by atoms with van der Waals surface area (Å²) < 4.78 is 4.89. The maximum Gasteiger partial charge on any atom is 0.321 e. The zero-order chi connectivity index (χ0) is 11.0. The smallest absolute Gasteiger partial charge is 0.321 e. The van der Waals surface area contributed by atoms with E-state index in [9.17, 15) is 14.9 Å². The Balaban J connectivity index is 2.72. The van der Waals surface area contributed by atoms with Crippen molar-refractivity contribution in [3.63, 3.8) is 0 Å². The van der Waals surface area contributed by atoms with Gasteiger partial charge in [-0.1, -0.05) is 6.07 Å². The molecule has 1 aromatic carbocycles. The molecule has 5 nitrogen and oxygen atoms in total. The highest BCUT2D eigenvalue weighted by Crippen LogP contribution is 2.37. The maximum atomic E-state index is 11.5. The molecular weight excluding hydrogens is 198 g/mol. The minimum atomic E-state index is -0.555. The lowest BCUT2D eigenvalue weighted by molar-refractivity contribution is -0.386. The second-order valence-electron chi connectivity index (χ2n) is 3.33. The number of carbonyl (C=O) groups is 1. The monoisotopic (exact) mass is 207 g/mol. The molecule has 0 aliphatic heterocycles. The van der Waals surface area contributed by atoms with Gasteiger partial charge in [-0.2, -0.15) is 0 Å². The van der Waals surface area contributed by atoms with Crippen LogP contribution in [0.25, 0.3) is 0 Å². The van der Waals surface area contributed by atoms with E-state index in [0.29, 0.717) is 12.8 Å². The Hall–Kier alpha value is -1.91. The van der Waals surface area contributed by atoms with Gasteiger partial charge in [0.25, 0.3) is 0 Å². The number of hydrogen-bond acceptors (Lipinski definition) is 4. The molecular formula is C10H9NO4. The van der Waals surface area contributed by atoms with Gasteiger partial charge < -0.3 is 4.74 Å². The molecule has 0 unspecified atom stereocenters. The number of fused-ring (bicyclic) bond motifs is 1. The summed E-state index contributed by atoms with van der Waals surface area (Å²) in [5, 5.41) is 10.9. The van der Waals surface area contributed by atoms with Gasteiger partial charge in [0, 0.05) is 6.42 Å². The van der Waals surface area contributed by atoms with Crippen molar-refractivity contribution in [2.45, 2.75) is 12.8 Å². The topological polar surface area (TPSA) is 69.4 Å². The van der Waals surface area contributed by atoms with Gasteiger partial charge in [0.2, 0.25) is 0 Å². The van der Waals surface area contributed by atoms with Gasteiger partial charge in [0.15, 0.2) is 11.5 Å². The standard InChI is InChI=1S/C10H9NO4/c1-15-8-5-3-6-2-4-7(12)9(6)10(8)11(13)14/h3,5H,2,4H2,1H3. The minimum absolute atomic E-state index is 0.147. The van der Waals surface area contributed by atoms with E-state index in [4.69, 9.17) is 4.74 Å². The second-order valence-corrected chi connectivity index (χ2v) is 3.33. The molecule has 78 valence electrons. The van der Waals surface area contributed by atoms with Crippen LogP contribution < -0.4 is 4.74 Å². The van der Waals surface area contributed by atoms with E-state index in [-0.39, 0.29) is 22.8 Å². The number of aryl methyl sites for hydroxylation is 1. The van der Waals surface area contributed by atoms with Crippen LogP contribution in [-0.4, -0.2) is 17.8 Å². The molecule has 0 fully saturated rings. The number of nitrogens with zero attached hydrogens (tertiary/aromatic N) is 1. The summed E-state index contributed by atoms with van der Waals surface area (Å²) in [5.41, 5.74) is 0.768. The maximum absolute atomic E-state index is 11.5. The number of ketones is 1. The Morgan fingerprint density at radius 1 is 1.40 bits per heavy atom. The van der Waals surface area contributed by atoms with Crippen LogP contribution in [0.5, 0.6) is 5.75 Å². The number of methoxy groups -OCH3 is 1. The minimum Gasteiger partial charge on any atom is -0.490 e. The fraction of sp³-hybridized carbons (Fsp3) is 0.300. The van der Waals surface area contributed by atoms with Crippen LogP contribution in [0.1, 0.15) is 22.3 Å². The number of benzene rings is 1. The molecule has 0 atom stereocenters. The molecule has 5 heteroatoms. The van der Waals surface area contributed by atoms with Crippen molar-refractivity contribution in [3.05, 3.63) is 33.4 Å². The van der Waals surface area contributed by atoms with E-state index in [2.05, 4.69) is 0 Å². The van der Waals surface area contributed by atoms with Crippen LogP contribution in [0.15, 0.2) is 12.1 Å². The summed E-state index contributed by atoms with van der Waals surface area (Å²) in [7, 11) is 1.36. The van der Waals surface area contributed by atoms with Gasteiger partial charge >= 0.3 is 5.69 Å². The Labute approximate surface area is 85.8 Å².